The molecule has 3 heterocycles. The van der Waals surface area contributed by atoms with E-state index in [0.29, 0.717) is 17.6 Å². The Bertz CT molecular complexity index is 1210. The molecule has 4 rings (SSSR count). The number of hydrogen-bond donors (Lipinski definition) is 0. The summed E-state index contributed by atoms with van der Waals surface area (Å²) >= 11 is 0. The van der Waals surface area contributed by atoms with Crippen LogP contribution in [0.1, 0.15) is 25.8 Å². The minimum Gasteiger partial charge on any atom is -0.390 e. The normalized spacial score (nSPS) is 16.0. The molecule has 9 heteroatoms. The van der Waals surface area contributed by atoms with Crippen molar-refractivity contribution in [2.24, 2.45) is 19.3 Å². The molecule has 0 aliphatic carbocycles. The van der Waals surface area contributed by atoms with Crippen LogP contribution < -0.4 is 16.1 Å². The molecule has 9 nitrogen and oxygen atoms in total. The Kier molecular flexibility index (Phi) is 5.19. The molecular formula is C21H26N6O3. The van der Waals surface area contributed by atoms with Crippen molar-refractivity contribution in [2.75, 3.05) is 18.0 Å². The van der Waals surface area contributed by atoms with E-state index in [4.69, 9.17) is 4.84 Å². The molecule has 0 spiro atoms. The van der Waals surface area contributed by atoms with Gasteiger partial charge in [-0.15, -0.1) is 0 Å². The van der Waals surface area contributed by atoms with Gasteiger partial charge in [-0.25, -0.2) is 9.78 Å². The minimum absolute atomic E-state index is 0.136. The quantitative estimate of drug-likeness (QED) is 0.614. The molecule has 158 valence electrons. The second kappa shape index (κ2) is 7.81. The van der Waals surface area contributed by atoms with Crippen LogP contribution >= 0.6 is 0 Å². The van der Waals surface area contributed by atoms with Crippen molar-refractivity contribution in [1.29, 1.82) is 0 Å². The molecule has 1 aromatic carbocycles. The van der Waals surface area contributed by atoms with Crippen LogP contribution in [0.4, 0.5) is 5.69 Å². The fraction of sp³-hybridized carbons (Fsp3) is 0.429. The van der Waals surface area contributed by atoms with Gasteiger partial charge < -0.3 is 14.3 Å². The zero-order valence-corrected chi connectivity index (χ0v) is 17.7. The Balaban J connectivity index is 1.54. The molecule has 1 aliphatic heterocycles. The third-order valence-corrected chi connectivity index (χ3v) is 5.65. The van der Waals surface area contributed by atoms with Gasteiger partial charge in [0.15, 0.2) is 17.3 Å². The Morgan fingerprint density at radius 2 is 1.83 bits per heavy atom. The summed E-state index contributed by atoms with van der Waals surface area (Å²) < 4.78 is 4.22. The van der Waals surface area contributed by atoms with Crippen LogP contribution in [0.3, 0.4) is 0 Å². The van der Waals surface area contributed by atoms with Crippen molar-refractivity contribution in [1.82, 2.24) is 18.7 Å². The first kappa shape index (κ1) is 19.9. The molecule has 2 aromatic heterocycles. The highest BCUT2D eigenvalue weighted by molar-refractivity contribution is 6.01. The van der Waals surface area contributed by atoms with E-state index >= 15 is 0 Å². The number of imidazole rings is 1. The molecule has 0 saturated carbocycles. The topological polar surface area (TPSA) is 86.7 Å². The Morgan fingerprint density at radius 1 is 1.13 bits per heavy atom. The highest BCUT2D eigenvalue weighted by atomic mass is 16.6. The summed E-state index contributed by atoms with van der Waals surface area (Å²) in [5, 5.41) is 4.21. The number of aryl methyl sites for hydroxylation is 2. The highest BCUT2D eigenvalue weighted by Gasteiger charge is 2.25. The number of oxime groups is 1. The Hall–Kier alpha value is -3.36. The number of anilines is 1. The van der Waals surface area contributed by atoms with E-state index in [0.717, 1.165) is 24.4 Å². The third kappa shape index (κ3) is 3.30. The fourth-order valence-electron chi connectivity index (χ4n) is 3.91. The highest BCUT2D eigenvalue weighted by Crippen LogP contribution is 2.21. The van der Waals surface area contributed by atoms with Gasteiger partial charge in [0.2, 0.25) is 0 Å². The van der Waals surface area contributed by atoms with Gasteiger partial charge in [0, 0.05) is 39.3 Å². The van der Waals surface area contributed by atoms with Crippen molar-refractivity contribution < 1.29 is 4.84 Å². The maximum absolute atomic E-state index is 12.9. The maximum Gasteiger partial charge on any atom is 0.332 e. The standard InChI is InChI=1S/C21H26N6O3/c1-5-26(6-2)15-9-7-14(8-10-15)17-11-16(30-23-17)12-27-20(28)18-19(22-13-24(18)3)25(4)21(27)29/h7-10,13,16H,5-6,11-12H2,1-4H3/t16-/m0/s1. The molecule has 0 amide bonds. The monoisotopic (exact) mass is 410 g/mol. The Labute approximate surface area is 173 Å². The summed E-state index contributed by atoms with van der Waals surface area (Å²) in [6.07, 6.45) is 1.69. The van der Waals surface area contributed by atoms with E-state index in [1.165, 1.54) is 21.1 Å². The zero-order valence-electron chi connectivity index (χ0n) is 17.7. The molecule has 0 fully saturated rings. The molecule has 3 aromatic rings. The van der Waals surface area contributed by atoms with Gasteiger partial charge in [0.05, 0.1) is 18.6 Å². The molecule has 0 unspecified atom stereocenters. The average molecular weight is 410 g/mol. The number of fused-ring (bicyclic) bond motifs is 1. The van der Waals surface area contributed by atoms with Gasteiger partial charge in [0.25, 0.3) is 5.56 Å². The number of hydrogen-bond acceptors (Lipinski definition) is 6. The van der Waals surface area contributed by atoms with Crippen molar-refractivity contribution in [2.45, 2.75) is 32.9 Å². The molecule has 1 atom stereocenters. The van der Waals surface area contributed by atoms with Crippen LogP contribution in [0.25, 0.3) is 11.2 Å². The maximum atomic E-state index is 12.9. The summed E-state index contributed by atoms with van der Waals surface area (Å²) in [5.41, 5.74) is 2.96. The average Bonchev–Trinajstić information content (AvgIpc) is 3.38. The van der Waals surface area contributed by atoms with Crippen LogP contribution in [0.5, 0.6) is 0 Å². The number of rotatable bonds is 6. The van der Waals surface area contributed by atoms with Crippen LogP contribution in [0.2, 0.25) is 0 Å². The Morgan fingerprint density at radius 3 is 2.50 bits per heavy atom. The van der Waals surface area contributed by atoms with Gasteiger partial charge in [-0.1, -0.05) is 17.3 Å². The molecular weight excluding hydrogens is 384 g/mol. The second-order valence-electron chi connectivity index (χ2n) is 7.47. The van der Waals surface area contributed by atoms with E-state index in [2.05, 4.69) is 41.0 Å². The molecule has 0 saturated heterocycles. The largest absolute Gasteiger partial charge is 0.390 e. The summed E-state index contributed by atoms with van der Waals surface area (Å²) in [6, 6.07) is 8.22. The number of nitrogens with zero attached hydrogens (tertiary/aromatic N) is 6. The first-order valence-corrected chi connectivity index (χ1v) is 10.1. The summed E-state index contributed by atoms with van der Waals surface area (Å²) in [4.78, 5) is 37.6. The predicted octanol–water partition coefficient (Wildman–Crippen LogP) is 1.47. The molecule has 0 N–H and O–H groups in total. The van der Waals surface area contributed by atoms with Crippen molar-refractivity contribution in [3.63, 3.8) is 0 Å². The lowest BCUT2D eigenvalue weighted by molar-refractivity contribution is 0.0706. The van der Waals surface area contributed by atoms with Crippen LogP contribution in [-0.4, -0.2) is 43.6 Å². The van der Waals surface area contributed by atoms with Crippen molar-refractivity contribution in [3.8, 4) is 0 Å². The first-order chi connectivity index (χ1) is 14.4. The molecule has 1 aliphatic rings. The van der Waals surface area contributed by atoms with E-state index in [-0.39, 0.29) is 18.2 Å². The van der Waals surface area contributed by atoms with Gasteiger partial charge in [-0.2, -0.15) is 0 Å². The summed E-state index contributed by atoms with van der Waals surface area (Å²) in [6.45, 7) is 6.30. The minimum atomic E-state index is -0.410. The van der Waals surface area contributed by atoms with Crippen LogP contribution in [-0.2, 0) is 25.5 Å². The van der Waals surface area contributed by atoms with Gasteiger partial charge in [-0.05, 0) is 31.5 Å². The van der Waals surface area contributed by atoms with E-state index in [1.807, 2.05) is 12.1 Å². The summed E-state index contributed by atoms with van der Waals surface area (Å²) in [5.74, 6) is 0. The van der Waals surface area contributed by atoms with Crippen molar-refractivity contribution >= 4 is 22.6 Å². The van der Waals surface area contributed by atoms with E-state index in [9.17, 15) is 9.59 Å². The van der Waals surface area contributed by atoms with Gasteiger partial charge in [0.1, 0.15) is 0 Å². The third-order valence-electron chi connectivity index (χ3n) is 5.65. The van der Waals surface area contributed by atoms with E-state index in [1.54, 1.807) is 18.7 Å². The predicted molar refractivity (Wildman–Crippen MR) is 116 cm³/mol. The number of aromatic nitrogens is 4. The molecule has 0 bridgehead atoms. The molecule has 0 radical (unpaired) electrons. The fourth-order valence-corrected chi connectivity index (χ4v) is 3.91. The smallest absolute Gasteiger partial charge is 0.332 e. The summed E-state index contributed by atoms with van der Waals surface area (Å²) in [7, 11) is 3.35. The zero-order chi connectivity index (χ0) is 21.4. The molecule has 30 heavy (non-hydrogen) atoms. The lowest BCUT2D eigenvalue weighted by Crippen LogP contribution is -2.42. The van der Waals surface area contributed by atoms with Gasteiger partial charge >= 0.3 is 5.69 Å². The van der Waals surface area contributed by atoms with E-state index < -0.39 is 5.69 Å². The number of benzene rings is 1. The first-order valence-electron chi connectivity index (χ1n) is 10.1. The lowest BCUT2D eigenvalue weighted by atomic mass is 10.0. The van der Waals surface area contributed by atoms with Crippen LogP contribution in [0.15, 0.2) is 45.3 Å². The van der Waals surface area contributed by atoms with Crippen LogP contribution in [0, 0.1) is 0 Å². The van der Waals surface area contributed by atoms with Gasteiger partial charge in [-0.3, -0.25) is 13.9 Å². The second-order valence-corrected chi connectivity index (χ2v) is 7.47. The lowest BCUT2D eigenvalue weighted by Gasteiger charge is -2.21. The van der Waals surface area contributed by atoms with Crippen molar-refractivity contribution in [3.05, 3.63) is 57.0 Å². The SMILES string of the molecule is CCN(CC)c1ccc(C2=NO[C@H](Cn3c(=O)c4c(ncn4C)n(C)c3=O)C2)cc1.